The number of carbonyl (C=O) groups excluding carboxylic acids is 1. The van der Waals surface area contributed by atoms with Gasteiger partial charge in [-0.25, -0.2) is 24.6 Å². The topological polar surface area (TPSA) is 127 Å². The molecule has 0 spiro atoms. The van der Waals surface area contributed by atoms with Crippen molar-refractivity contribution in [2.75, 3.05) is 29.9 Å². The zero-order valence-electron chi connectivity index (χ0n) is 23.4. The predicted octanol–water partition coefficient (Wildman–Crippen LogP) is 4.16. The second-order valence-electron chi connectivity index (χ2n) is 10.8. The van der Waals surface area contributed by atoms with E-state index in [0.29, 0.717) is 54.1 Å². The number of aryl methyl sites for hydroxylation is 2. The first-order valence-electron chi connectivity index (χ1n) is 14.0. The highest BCUT2D eigenvalue weighted by molar-refractivity contribution is 5.88. The summed E-state index contributed by atoms with van der Waals surface area (Å²) in [6, 6.07) is 11.7. The molecule has 12 heteroatoms. The molecule has 4 heterocycles. The smallest absolute Gasteiger partial charge is 0.246 e. The molecule has 1 aliphatic heterocycles. The van der Waals surface area contributed by atoms with Crippen LogP contribution in [0.3, 0.4) is 0 Å². The van der Waals surface area contributed by atoms with Crippen LogP contribution in [0.25, 0.3) is 22.1 Å². The summed E-state index contributed by atoms with van der Waals surface area (Å²) in [7, 11) is 1.86. The molecule has 212 valence electrons. The second-order valence-corrected chi connectivity index (χ2v) is 10.8. The Morgan fingerprint density at radius 1 is 1.10 bits per heavy atom. The van der Waals surface area contributed by atoms with E-state index in [4.69, 9.17) is 9.72 Å². The monoisotopic (exact) mass is 562 g/mol. The highest BCUT2D eigenvalue weighted by Crippen LogP contribution is 2.38. The number of amides is 1. The molecule has 0 radical (unpaired) electrons. The molecule has 1 atom stereocenters. The van der Waals surface area contributed by atoms with Crippen LogP contribution in [0.2, 0.25) is 0 Å². The van der Waals surface area contributed by atoms with Crippen molar-refractivity contribution >= 4 is 45.4 Å². The Balaban J connectivity index is 1.11. The van der Waals surface area contributed by atoms with E-state index in [9.17, 15) is 4.79 Å². The van der Waals surface area contributed by atoms with Gasteiger partial charge in [-0.05, 0) is 67.7 Å². The van der Waals surface area contributed by atoms with E-state index in [2.05, 4.69) is 42.1 Å². The van der Waals surface area contributed by atoms with Gasteiger partial charge in [0, 0.05) is 38.4 Å². The maximum Gasteiger partial charge on any atom is 0.246 e. The van der Waals surface area contributed by atoms with Crippen LogP contribution >= 0.6 is 0 Å². The second kappa shape index (κ2) is 10.4. The fourth-order valence-corrected chi connectivity index (χ4v) is 5.54. The van der Waals surface area contributed by atoms with Crippen molar-refractivity contribution in [2.24, 2.45) is 13.0 Å². The Morgan fingerprint density at radius 3 is 2.79 bits per heavy atom. The molecule has 42 heavy (non-hydrogen) atoms. The molecular formula is C30H30N10O2. The number of hydrogen-bond acceptors (Lipinski definition) is 10. The zero-order chi connectivity index (χ0) is 28.8. The number of hydrogen-bond donors (Lipinski definition) is 1. The summed E-state index contributed by atoms with van der Waals surface area (Å²) >= 11 is 0. The zero-order valence-corrected chi connectivity index (χ0v) is 23.4. The first kappa shape index (κ1) is 25.8. The normalized spacial score (nSPS) is 17.0. The third-order valence-corrected chi connectivity index (χ3v) is 7.94. The Morgan fingerprint density at radius 2 is 1.98 bits per heavy atom. The molecule has 0 unspecified atom stereocenters. The molecule has 2 aliphatic rings. The van der Waals surface area contributed by atoms with Crippen molar-refractivity contribution in [3.05, 3.63) is 67.1 Å². The van der Waals surface area contributed by atoms with Crippen LogP contribution in [0.1, 0.15) is 18.4 Å². The molecule has 5 aromatic rings. The first-order chi connectivity index (χ1) is 20.5. The molecule has 1 N–H and O–H groups in total. The molecule has 1 saturated heterocycles. The van der Waals surface area contributed by atoms with Crippen LogP contribution in [-0.4, -0.2) is 71.4 Å². The molecule has 1 amide bonds. The first-order valence-corrected chi connectivity index (χ1v) is 14.0. The van der Waals surface area contributed by atoms with Gasteiger partial charge in [-0.1, -0.05) is 11.8 Å². The fourth-order valence-electron chi connectivity index (χ4n) is 5.54. The van der Waals surface area contributed by atoms with Gasteiger partial charge >= 0.3 is 0 Å². The number of anilines is 3. The summed E-state index contributed by atoms with van der Waals surface area (Å²) in [4.78, 5) is 34.9. The maximum atomic E-state index is 12.5. The van der Waals surface area contributed by atoms with Gasteiger partial charge in [-0.15, -0.1) is 5.10 Å². The van der Waals surface area contributed by atoms with Crippen LogP contribution in [-0.2, 0) is 11.8 Å². The lowest BCUT2D eigenvalue weighted by molar-refractivity contribution is -0.129. The SMILES string of the molecule is C=CC(=O)N1CCN(c2ncc3ncnc(Nc4ccc(Oc5ccc6c(c5)nnn6C)c(C)c4)c3n2)C[C@@H]1C1CC1. The molecule has 7 rings (SSSR count). The van der Waals surface area contributed by atoms with Crippen LogP contribution in [0.5, 0.6) is 11.5 Å². The summed E-state index contributed by atoms with van der Waals surface area (Å²) < 4.78 is 7.89. The number of piperazine rings is 1. The van der Waals surface area contributed by atoms with E-state index < -0.39 is 0 Å². The fraction of sp³-hybridized carbons (Fsp3) is 0.300. The quantitative estimate of drug-likeness (QED) is 0.289. The molecule has 12 nitrogen and oxygen atoms in total. The van der Waals surface area contributed by atoms with Gasteiger partial charge < -0.3 is 19.9 Å². The van der Waals surface area contributed by atoms with Gasteiger partial charge in [0.25, 0.3) is 0 Å². The van der Waals surface area contributed by atoms with Crippen molar-refractivity contribution in [3.8, 4) is 11.5 Å². The maximum absolute atomic E-state index is 12.5. The third kappa shape index (κ3) is 4.84. The molecule has 2 aromatic carbocycles. The minimum absolute atomic E-state index is 0.0100. The Labute approximate surface area is 242 Å². The lowest BCUT2D eigenvalue weighted by Crippen LogP contribution is -2.56. The number of nitrogens with one attached hydrogen (secondary N) is 1. The summed E-state index contributed by atoms with van der Waals surface area (Å²) in [5, 5.41) is 11.6. The van der Waals surface area contributed by atoms with Crippen LogP contribution < -0.4 is 15.0 Å². The van der Waals surface area contributed by atoms with E-state index in [1.807, 2.05) is 55.3 Å². The van der Waals surface area contributed by atoms with Crippen molar-refractivity contribution in [2.45, 2.75) is 25.8 Å². The highest BCUT2D eigenvalue weighted by atomic mass is 16.5. The van der Waals surface area contributed by atoms with Crippen LogP contribution in [0, 0.1) is 12.8 Å². The lowest BCUT2D eigenvalue weighted by atomic mass is 10.1. The Hall–Kier alpha value is -5.13. The lowest BCUT2D eigenvalue weighted by Gasteiger charge is -2.41. The van der Waals surface area contributed by atoms with Crippen molar-refractivity contribution < 1.29 is 9.53 Å². The third-order valence-electron chi connectivity index (χ3n) is 7.94. The number of carbonyl (C=O) groups is 1. The Kier molecular flexibility index (Phi) is 6.37. The van der Waals surface area contributed by atoms with Gasteiger partial charge in [0.1, 0.15) is 34.4 Å². The number of aromatic nitrogens is 7. The summed E-state index contributed by atoms with van der Waals surface area (Å²) in [5.74, 6) is 3.13. The van der Waals surface area contributed by atoms with Crippen LogP contribution in [0.4, 0.5) is 17.5 Å². The van der Waals surface area contributed by atoms with E-state index in [1.54, 1.807) is 10.9 Å². The standard InChI is InChI=1S/C30H30N10O2/c1-4-27(41)40-12-11-39(16-25(40)19-5-6-19)30-31-15-23-28(35-30)29(33-17-32-23)34-20-7-10-26(18(2)13-20)42-21-8-9-24-22(14-21)36-37-38(24)3/h4,7-10,13-15,17,19,25H,1,5-6,11-12,16H2,2-3H3,(H,32,33,34)/t25-/m1/s1. The molecule has 1 aliphatic carbocycles. The van der Waals surface area contributed by atoms with Crippen molar-refractivity contribution in [1.82, 2.24) is 39.8 Å². The summed E-state index contributed by atoms with van der Waals surface area (Å²) in [6.45, 7) is 7.63. The van der Waals surface area contributed by atoms with E-state index in [1.165, 1.54) is 12.4 Å². The van der Waals surface area contributed by atoms with Gasteiger partial charge in [-0.2, -0.15) is 0 Å². The van der Waals surface area contributed by atoms with Crippen molar-refractivity contribution in [3.63, 3.8) is 0 Å². The summed E-state index contributed by atoms with van der Waals surface area (Å²) in [5.41, 5.74) is 4.78. The van der Waals surface area contributed by atoms with Crippen molar-refractivity contribution in [1.29, 1.82) is 0 Å². The minimum Gasteiger partial charge on any atom is -0.457 e. The van der Waals surface area contributed by atoms with Gasteiger partial charge in [0.15, 0.2) is 5.82 Å². The average molecular weight is 563 g/mol. The van der Waals surface area contributed by atoms with Crippen LogP contribution in [0.15, 0.2) is 61.6 Å². The number of rotatable bonds is 7. The minimum atomic E-state index is -0.0100. The number of ether oxygens (including phenoxy) is 1. The van der Waals surface area contributed by atoms with Gasteiger partial charge in [-0.3, -0.25) is 4.79 Å². The van der Waals surface area contributed by atoms with E-state index in [0.717, 1.165) is 40.9 Å². The summed E-state index contributed by atoms with van der Waals surface area (Å²) in [6.07, 6.45) is 6.92. The molecule has 2 fully saturated rings. The Bertz CT molecular complexity index is 1830. The highest BCUT2D eigenvalue weighted by Gasteiger charge is 2.40. The largest absolute Gasteiger partial charge is 0.457 e. The van der Waals surface area contributed by atoms with E-state index >= 15 is 0 Å². The number of fused-ring (bicyclic) bond motifs is 2. The molecule has 0 bridgehead atoms. The molecule has 1 saturated carbocycles. The van der Waals surface area contributed by atoms with Gasteiger partial charge in [0.2, 0.25) is 11.9 Å². The molecular weight excluding hydrogens is 532 g/mol. The average Bonchev–Trinajstić information content (AvgIpc) is 3.80. The van der Waals surface area contributed by atoms with Gasteiger partial charge in [0.05, 0.1) is 17.8 Å². The predicted molar refractivity (Wildman–Crippen MR) is 159 cm³/mol. The number of nitrogens with zero attached hydrogens (tertiary/aromatic N) is 9. The molecule has 3 aromatic heterocycles. The van der Waals surface area contributed by atoms with E-state index in [-0.39, 0.29) is 11.9 Å². The number of benzene rings is 2.